The van der Waals surface area contributed by atoms with Gasteiger partial charge in [0.05, 0.1) is 13.2 Å². The van der Waals surface area contributed by atoms with Crippen LogP contribution in [0.3, 0.4) is 0 Å². The Morgan fingerprint density at radius 2 is 1.71 bits per heavy atom. The number of piperazine rings is 1. The number of benzene rings is 1. The minimum absolute atomic E-state index is 0.283. The van der Waals surface area contributed by atoms with Gasteiger partial charge in [0.25, 0.3) is 0 Å². The van der Waals surface area contributed by atoms with Gasteiger partial charge in [-0.1, -0.05) is 30.3 Å². The quantitative estimate of drug-likeness (QED) is 0.480. The Kier molecular flexibility index (Phi) is 7.17. The summed E-state index contributed by atoms with van der Waals surface area (Å²) in [6.07, 6.45) is 7.00. The molecule has 2 aromatic heterocycles. The molecule has 1 aliphatic heterocycles. The maximum atomic E-state index is 12.2. The van der Waals surface area contributed by atoms with Gasteiger partial charge in [-0.05, 0) is 31.0 Å². The van der Waals surface area contributed by atoms with E-state index in [1.54, 1.807) is 12.4 Å². The molecule has 0 bridgehead atoms. The van der Waals surface area contributed by atoms with Crippen molar-refractivity contribution in [2.75, 3.05) is 44.2 Å². The van der Waals surface area contributed by atoms with E-state index in [2.05, 4.69) is 29.9 Å². The van der Waals surface area contributed by atoms with E-state index in [4.69, 9.17) is 4.74 Å². The van der Waals surface area contributed by atoms with Gasteiger partial charge >= 0.3 is 5.69 Å². The standard InChI is InChI=1S/C22H27N7O2/c30-22-26-20(17-25-29(22)18-19-7-2-1-3-8-19)31-16-5-4-11-27-12-14-28(15-13-27)21-23-9-6-10-24-21/h1-3,6-10,17H,4-5,11-16,18H2. The molecule has 1 saturated heterocycles. The summed E-state index contributed by atoms with van der Waals surface area (Å²) >= 11 is 0. The molecule has 31 heavy (non-hydrogen) atoms. The van der Waals surface area contributed by atoms with Crippen LogP contribution in [0.15, 0.2) is 59.8 Å². The molecule has 1 aromatic carbocycles. The molecule has 0 amide bonds. The van der Waals surface area contributed by atoms with Crippen LogP contribution in [0.25, 0.3) is 0 Å². The molecule has 0 saturated carbocycles. The highest BCUT2D eigenvalue weighted by atomic mass is 16.5. The zero-order chi connectivity index (χ0) is 21.3. The van der Waals surface area contributed by atoms with Crippen molar-refractivity contribution in [3.8, 4) is 5.88 Å². The third-order valence-electron chi connectivity index (χ3n) is 5.24. The topological polar surface area (TPSA) is 89.3 Å². The first kappa shape index (κ1) is 20.9. The van der Waals surface area contributed by atoms with E-state index in [1.165, 1.54) is 10.9 Å². The van der Waals surface area contributed by atoms with Gasteiger partial charge in [-0.15, -0.1) is 0 Å². The van der Waals surface area contributed by atoms with E-state index >= 15 is 0 Å². The van der Waals surface area contributed by atoms with Crippen LogP contribution in [0.5, 0.6) is 5.88 Å². The van der Waals surface area contributed by atoms with Gasteiger partial charge in [0.15, 0.2) is 0 Å². The number of unbranched alkanes of at least 4 members (excludes halogenated alkanes) is 1. The zero-order valence-electron chi connectivity index (χ0n) is 17.5. The number of hydrogen-bond donors (Lipinski definition) is 0. The summed E-state index contributed by atoms with van der Waals surface area (Å²) in [5, 5.41) is 4.17. The SMILES string of the molecule is O=c1nc(OCCCCN2CCN(c3ncccn3)CC2)cnn1Cc1ccccc1. The van der Waals surface area contributed by atoms with Crippen molar-refractivity contribution >= 4 is 5.95 Å². The lowest BCUT2D eigenvalue weighted by Gasteiger charge is -2.34. The summed E-state index contributed by atoms with van der Waals surface area (Å²) in [6.45, 7) is 5.83. The Bertz CT molecular complexity index is 990. The third-order valence-corrected chi connectivity index (χ3v) is 5.24. The first-order valence-corrected chi connectivity index (χ1v) is 10.6. The normalized spacial score (nSPS) is 14.5. The fraction of sp³-hybridized carbons (Fsp3) is 0.409. The molecule has 162 valence electrons. The molecule has 1 aliphatic rings. The number of hydrogen-bond acceptors (Lipinski definition) is 8. The van der Waals surface area contributed by atoms with E-state index < -0.39 is 5.69 Å². The van der Waals surface area contributed by atoms with Crippen LogP contribution in [0.1, 0.15) is 18.4 Å². The van der Waals surface area contributed by atoms with E-state index in [0.29, 0.717) is 13.2 Å². The molecular formula is C22H27N7O2. The number of nitrogens with zero attached hydrogens (tertiary/aromatic N) is 7. The number of anilines is 1. The van der Waals surface area contributed by atoms with Crippen molar-refractivity contribution in [2.24, 2.45) is 0 Å². The Morgan fingerprint density at radius 3 is 2.45 bits per heavy atom. The molecule has 0 radical (unpaired) electrons. The molecule has 9 heteroatoms. The lowest BCUT2D eigenvalue weighted by Crippen LogP contribution is -2.47. The largest absolute Gasteiger partial charge is 0.476 e. The predicted molar refractivity (Wildman–Crippen MR) is 117 cm³/mol. The van der Waals surface area contributed by atoms with Crippen LogP contribution < -0.4 is 15.3 Å². The minimum Gasteiger partial charge on any atom is -0.476 e. The Morgan fingerprint density at radius 1 is 0.935 bits per heavy atom. The number of aromatic nitrogens is 5. The molecule has 0 atom stereocenters. The van der Waals surface area contributed by atoms with Gasteiger partial charge in [0.2, 0.25) is 11.8 Å². The highest BCUT2D eigenvalue weighted by Crippen LogP contribution is 2.10. The second-order valence-electron chi connectivity index (χ2n) is 7.45. The monoisotopic (exact) mass is 421 g/mol. The molecule has 0 unspecified atom stereocenters. The van der Waals surface area contributed by atoms with Crippen molar-refractivity contribution < 1.29 is 4.74 Å². The Labute approximate surface area is 181 Å². The molecule has 0 spiro atoms. The Balaban J connectivity index is 1.14. The van der Waals surface area contributed by atoms with Gasteiger partial charge in [0, 0.05) is 38.6 Å². The molecule has 0 N–H and O–H groups in total. The summed E-state index contributed by atoms with van der Waals surface area (Å²) in [6, 6.07) is 11.5. The highest BCUT2D eigenvalue weighted by Gasteiger charge is 2.18. The summed E-state index contributed by atoms with van der Waals surface area (Å²) in [4.78, 5) is 29.5. The average molecular weight is 422 g/mol. The van der Waals surface area contributed by atoms with Crippen LogP contribution in [-0.2, 0) is 6.54 Å². The van der Waals surface area contributed by atoms with E-state index in [-0.39, 0.29) is 5.88 Å². The molecule has 3 aromatic rings. The average Bonchev–Trinajstić information content (AvgIpc) is 2.82. The van der Waals surface area contributed by atoms with E-state index in [1.807, 2.05) is 36.4 Å². The van der Waals surface area contributed by atoms with Crippen molar-refractivity contribution in [1.29, 1.82) is 0 Å². The highest BCUT2D eigenvalue weighted by molar-refractivity contribution is 5.29. The van der Waals surface area contributed by atoms with Crippen molar-refractivity contribution in [1.82, 2.24) is 29.6 Å². The maximum Gasteiger partial charge on any atom is 0.367 e. The van der Waals surface area contributed by atoms with Crippen LogP contribution in [0.2, 0.25) is 0 Å². The van der Waals surface area contributed by atoms with E-state index in [9.17, 15) is 4.79 Å². The van der Waals surface area contributed by atoms with Gasteiger partial charge in [-0.25, -0.2) is 19.4 Å². The molecule has 3 heterocycles. The van der Waals surface area contributed by atoms with Crippen LogP contribution >= 0.6 is 0 Å². The van der Waals surface area contributed by atoms with Crippen LogP contribution in [0, 0.1) is 0 Å². The third kappa shape index (κ3) is 6.08. The summed E-state index contributed by atoms with van der Waals surface area (Å²) in [5.41, 5.74) is 0.603. The molecular weight excluding hydrogens is 394 g/mol. The van der Waals surface area contributed by atoms with E-state index in [0.717, 1.165) is 57.1 Å². The second-order valence-corrected chi connectivity index (χ2v) is 7.45. The smallest absolute Gasteiger partial charge is 0.367 e. The van der Waals surface area contributed by atoms with Crippen LogP contribution in [-0.4, -0.2) is 69.0 Å². The van der Waals surface area contributed by atoms with Crippen molar-refractivity contribution in [3.63, 3.8) is 0 Å². The molecule has 4 rings (SSSR count). The molecule has 9 nitrogen and oxygen atoms in total. The number of ether oxygens (including phenoxy) is 1. The summed E-state index contributed by atoms with van der Waals surface area (Å²) < 4.78 is 6.96. The Hall–Kier alpha value is -3.33. The molecule has 0 aliphatic carbocycles. The second kappa shape index (κ2) is 10.6. The van der Waals surface area contributed by atoms with Gasteiger partial charge in [0.1, 0.15) is 6.20 Å². The number of rotatable bonds is 9. The van der Waals surface area contributed by atoms with Crippen molar-refractivity contribution in [2.45, 2.75) is 19.4 Å². The van der Waals surface area contributed by atoms with Gasteiger partial charge in [-0.2, -0.15) is 10.1 Å². The molecule has 1 fully saturated rings. The van der Waals surface area contributed by atoms with Crippen molar-refractivity contribution in [3.05, 3.63) is 71.0 Å². The predicted octanol–water partition coefficient (Wildman–Crippen LogP) is 1.46. The fourth-order valence-electron chi connectivity index (χ4n) is 3.52. The zero-order valence-corrected chi connectivity index (χ0v) is 17.5. The van der Waals surface area contributed by atoms with Gasteiger partial charge in [-0.3, -0.25) is 4.90 Å². The van der Waals surface area contributed by atoms with Gasteiger partial charge < -0.3 is 9.64 Å². The fourth-order valence-corrected chi connectivity index (χ4v) is 3.52. The minimum atomic E-state index is -0.401. The summed E-state index contributed by atoms with van der Waals surface area (Å²) in [7, 11) is 0. The lowest BCUT2D eigenvalue weighted by atomic mass is 10.2. The first-order valence-electron chi connectivity index (χ1n) is 10.6. The lowest BCUT2D eigenvalue weighted by molar-refractivity contribution is 0.235. The first-order chi connectivity index (χ1) is 15.3. The maximum absolute atomic E-state index is 12.2. The summed E-state index contributed by atoms with van der Waals surface area (Å²) in [5.74, 6) is 1.09. The van der Waals surface area contributed by atoms with Crippen LogP contribution in [0.4, 0.5) is 5.95 Å².